The van der Waals surface area contributed by atoms with Gasteiger partial charge in [-0.2, -0.15) is 0 Å². The lowest BCUT2D eigenvalue weighted by molar-refractivity contribution is -0.143. The van der Waals surface area contributed by atoms with Gasteiger partial charge in [0.25, 0.3) is 0 Å². The molecule has 4 nitrogen and oxygen atoms in total. The van der Waals surface area contributed by atoms with Crippen molar-refractivity contribution in [1.82, 2.24) is 9.80 Å². The van der Waals surface area contributed by atoms with Crippen molar-refractivity contribution in [1.29, 1.82) is 0 Å². The zero-order valence-electron chi connectivity index (χ0n) is 17.9. The number of hydrogen-bond acceptors (Lipinski definition) is 3. The smallest absolute Gasteiger partial charge is 0.225 e. The molecule has 4 aliphatic rings. The maximum absolute atomic E-state index is 12.9. The van der Waals surface area contributed by atoms with E-state index in [0.29, 0.717) is 23.3 Å². The monoisotopic (exact) mass is 376 g/mol. The van der Waals surface area contributed by atoms with Gasteiger partial charge in [-0.05, 0) is 89.6 Å². The molecule has 0 atom stereocenters. The maximum Gasteiger partial charge on any atom is 0.225 e. The number of nitrogens with zero attached hydrogens (tertiary/aromatic N) is 2. The van der Waals surface area contributed by atoms with Crippen LogP contribution >= 0.6 is 0 Å². The number of amides is 1. The van der Waals surface area contributed by atoms with Crippen molar-refractivity contribution in [2.45, 2.75) is 94.6 Å². The Bertz CT molecular complexity index is 535. The molecule has 4 heteroatoms. The average Bonchev–Trinajstić information content (AvgIpc) is 3.30. The first-order chi connectivity index (χ1) is 12.9. The van der Waals surface area contributed by atoms with Crippen LogP contribution in [0, 0.1) is 11.3 Å². The van der Waals surface area contributed by atoms with Crippen molar-refractivity contribution in [3.05, 3.63) is 0 Å². The van der Waals surface area contributed by atoms with Gasteiger partial charge < -0.3 is 14.5 Å². The fraction of sp³-hybridized carbons (Fsp3) is 0.957. The summed E-state index contributed by atoms with van der Waals surface area (Å²) in [6.07, 6.45) is 16.1. The Morgan fingerprint density at radius 3 is 2.19 bits per heavy atom. The first kappa shape index (κ1) is 19.7. The van der Waals surface area contributed by atoms with E-state index in [1.54, 1.807) is 7.11 Å². The number of methoxy groups -OCH3 is 1. The third kappa shape index (κ3) is 3.46. The number of carbonyl (C=O) groups excluding carboxylic acids is 1. The van der Waals surface area contributed by atoms with Crippen molar-refractivity contribution in [3.8, 4) is 0 Å². The van der Waals surface area contributed by atoms with Crippen molar-refractivity contribution >= 4 is 5.91 Å². The van der Waals surface area contributed by atoms with Crippen LogP contribution in [0.25, 0.3) is 0 Å². The summed E-state index contributed by atoms with van der Waals surface area (Å²) in [6, 6.07) is 0. The van der Waals surface area contributed by atoms with Crippen LogP contribution in [0.5, 0.6) is 0 Å². The summed E-state index contributed by atoms with van der Waals surface area (Å²) in [4.78, 5) is 17.7. The molecule has 3 aliphatic carbocycles. The van der Waals surface area contributed by atoms with E-state index >= 15 is 0 Å². The van der Waals surface area contributed by atoms with Gasteiger partial charge in [0.05, 0.1) is 12.0 Å². The summed E-state index contributed by atoms with van der Waals surface area (Å²) in [6.45, 7) is 1.97. The molecular formula is C23H40N2O2. The fourth-order valence-corrected chi connectivity index (χ4v) is 6.86. The summed E-state index contributed by atoms with van der Waals surface area (Å²) >= 11 is 0. The molecule has 0 aromatic carbocycles. The van der Waals surface area contributed by atoms with Gasteiger partial charge in [0.1, 0.15) is 0 Å². The van der Waals surface area contributed by atoms with E-state index in [4.69, 9.17) is 4.74 Å². The zero-order valence-corrected chi connectivity index (χ0v) is 17.9. The molecule has 0 aromatic heterocycles. The highest BCUT2D eigenvalue weighted by Gasteiger charge is 2.51. The van der Waals surface area contributed by atoms with Crippen LogP contribution in [0.15, 0.2) is 0 Å². The van der Waals surface area contributed by atoms with Gasteiger partial charge in [-0.1, -0.05) is 12.8 Å². The van der Waals surface area contributed by atoms with E-state index in [9.17, 15) is 4.79 Å². The first-order valence-corrected chi connectivity index (χ1v) is 11.4. The molecule has 0 bridgehead atoms. The first-order valence-electron chi connectivity index (χ1n) is 11.4. The predicted octanol–water partition coefficient (Wildman–Crippen LogP) is 4.23. The van der Waals surface area contributed by atoms with E-state index in [2.05, 4.69) is 23.9 Å². The largest absolute Gasteiger partial charge is 0.378 e. The second-order valence-electron chi connectivity index (χ2n) is 10.5. The molecule has 3 saturated carbocycles. The van der Waals surface area contributed by atoms with Gasteiger partial charge in [0, 0.05) is 25.7 Å². The zero-order chi connectivity index (χ0) is 19.1. The topological polar surface area (TPSA) is 32.8 Å². The van der Waals surface area contributed by atoms with Crippen LogP contribution in [0.4, 0.5) is 0 Å². The Balaban J connectivity index is 1.36. The fourth-order valence-electron chi connectivity index (χ4n) is 6.86. The summed E-state index contributed by atoms with van der Waals surface area (Å²) in [5.41, 5.74) is 0.681. The van der Waals surface area contributed by atoms with Gasteiger partial charge in [-0.3, -0.25) is 4.79 Å². The van der Waals surface area contributed by atoms with Gasteiger partial charge in [0.15, 0.2) is 0 Å². The Hall–Kier alpha value is -0.610. The highest BCUT2D eigenvalue weighted by molar-refractivity contribution is 5.78. The highest BCUT2D eigenvalue weighted by atomic mass is 16.5. The van der Waals surface area contributed by atoms with Crippen LogP contribution < -0.4 is 0 Å². The second-order valence-corrected chi connectivity index (χ2v) is 10.5. The molecule has 1 saturated heterocycles. The summed E-state index contributed by atoms with van der Waals surface area (Å²) in [5.74, 6) is 1.23. The lowest BCUT2D eigenvalue weighted by atomic mass is 9.62. The van der Waals surface area contributed by atoms with Crippen LogP contribution in [0.3, 0.4) is 0 Å². The third-order valence-corrected chi connectivity index (χ3v) is 9.14. The predicted molar refractivity (Wildman–Crippen MR) is 109 cm³/mol. The Morgan fingerprint density at radius 2 is 1.67 bits per heavy atom. The van der Waals surface area contributed by atoms with Gasteiger partial charge in [-0.25, -0.2) is 0 Å². The standard InChI is InChI=1S/C23H40N2O2/c1-24(2)23(19-7-4-5-8-19)13-11-21(12-14-23)15-16-25(18-21)20(26)17-22(27-3)9-6-10-22/h19H,4-18H2,1-3H3. The second kappa shape index (κ2) is 7.33. The van der Waals surface area contributed by atoms with Gasteiger partial charge >= 0.3 is 0 Å². The third-order valence-electron chi connectivity index (χ3n) is 9.14. The highest BCUT2D eigenvalue weighted by Crippen LogP contribution is 2.53. The van der Waals surface area contributed by atoms with E-state index in [-0.39, 0.29) is 5.60 Å². The quantitative estimate of drug-likeness (QED) is 0.720. The molecule has 154 valence electrons. The molecule has 0 N–H and O–H groups in total. The van der Waals surface area contributed by atoms with Crippen LogP contribution in [-0.2, 0) is 9.53 Å². The number of ether oxygens (including phenoxy) is 1. The molecule has 1 aliphatic heterocycles. The van der Waals surface area contributed by atoms with Crippen LogP contribution in [0.2, 0.25) is 0 Å². The van der Waals surface area contributed by atoms with E-state index in [0.717, 1.165) is 31.8 Å². The minimum absolute atomic E-state index is 0.137. The Labute approximate surface area is 166 Å². The van der Waals surface area contributed by atoms with E-state index < -0.39 is 0 Å². The van der Waals surface area contributed by atoms with Crippen LogP contribution in [-0.4, -0.2) is 61.1 Å². The molecule has 0 unspecified atom stereocenters. The molecular weight excluding hydrogens is 336 g/mol. The number of hydrogen-bond donors (Lipinski definition) is 0. The summed E-state index contributed by atoms with van der Waals surface area (Å²) < 4.78 is 5.70. The van der Waals surface area contributed by atoms with Crippen molar-refractivity contribution in [2.24, 2.45) is 11.3 Å². The van der Waals surface area contributed by atoms with Crippen molar-refractivity contribution in [3.63, 3.8) is 0 Å². The lowest BCUT2D eigenvalue weighted by Gasteiger charge is -2.52. The maximum atomic E-state index is 12.9. The summed E-state index contributed by atoms with van der Waals surface area (Å²) in [7, 11) is 6.40. The van der Waals surface area contributed by atoms with E-state index in [1.807, 2.05) is 0 Å². The minimum atomic E-state index is -0.137. The summed E-state index contributed by atoms with van der Waals surface area (Å²) in [5, 5.41) is 0. The SMILES string of the molecule is COC1(CC(=O)N2CCC3(CCC(C4CCCC4)(N(C)C)CC3)C2)CCC1. The van der Waals surface area contributed by atoms with Gasteiger partial charge in [0.2, 0.25) is 5.91 Å². The molecule has 0 radical (unpaired) electrons. The van der Waals surface area contributed by atoms with Crippen LogP contribution in [0.1, 0.15) is 83.5 Å². The Morgan fingerprint density at radius 1 is 1.00 bits per heavy atom. The molecule has 4 rings (SSSR count). The molecule has 1 amide bonds. The molecule has 27 heavy (non-hydrogen) atoms. The van der Waals surface area contributed by atoms with Crippen molar-refractivity contribution in [2.75, 3.05) is 34.3 Å². The molecule has 0 aromatic rings. The van der Waals surface area contributed by atoms with Gasteiger partial charge in [-0.15, -0.1) is 0 Å². The minimum Gasteiger partial charge on any atom is -0.378 e. The number of rotatable bonds is 5. The normalized spacial score (nSPS) is 36.5. The molecule has 4 fully saturated rings. The number of carbonyl (C=O) groups is 1. The number of likely N-dealkylation sites (tertiary alicyclic amines) is 1. The van der Waals surface area contributed by atoms with E-state index in [1.165, 1.54) is 64.2 Å². The Kier molecular flexibility index (Phi) is 5.35. The average molecular weight is 377 g/mol. The molecule has 1 heterocycles. The van der Waals surface area contributed by atoms with Crippen molar-refractivity contribution < 1.29 is 9.53 Å². The lowest BCUT2D eigenvalue weighted by Crippen LogP contribution is -2.54. The molecule has 1 spiro atoms.